The van der Waals surface area contributed by atoms with E-state index in [1.165, 1.54) is 25.3 Å². The Kier molecular flexibility index (Phi) is 5.21. The van der Waals surface area contributed by atoms with E-state index >= 15 is 0 Å². The van der Waals surface area contributed by atoms with Crippen molar-refractivity contribution in [2.24, 2.45) is 0 Å². The molecule has 3 aromatic rings. The molecule has 2 aromatic heterocycles. The standard InChI is InChI=1S/C20H18ClF3N4O/c21-14-10-16-12(11-28(27-16)13-5-2-1-3-6-13)9-17(14)26-19(29)15-7-4-8-18(25-15)20(22,23)24/h4,7-11,13H,1-3,5-6H2,(H,26,29). The van der Waals surface area contributed by atoms with Crippen molar-refractivity contribution < 1.29 is 18.0 Å². The van der Waals surface area contributed by atoms with Crippen LogP contribution >= 0.6 is 11.6 Å². The highest BCUT2D eigenvalue weighted by molar-refractivity contribution is 6.34. The number of carbonyl (C=O) groups excluding carboxylic acids is 1. The van der Waals surface area contributed by atoms with Gasteiger partial charge in [-0.05, 0) is 37.1 Å². The van der Waals surface area contributed by atoms with Gasteiger partial charge in [0.1, 0.15) is 11.4 Å². The molecule has 1 N–H and O–H groups in total. The predicted octanol–water partition coefficient (Wildman–Crippen LogP) is 5.86. The molecule has 1 aromatic carbocycles. The lowest BCUT2D eigenvalue weighted by molar-refractivity contribution is -0.141. The number of nitrogens with one attached hydrogen (secondary N) is 1. The molecule has 4 rings (SSSR count). The third-order valence-corrected chi connectivity index (χ3v) is 5.39. The third kappa shape index (κ3) is 4.22. The fourth-order valence-corrected chi connectivity index (χ4v) is 3.80. The first-order chi connectivity index (χ1) is 13.8. The van der Waals surface area contributed by atoms with Crippen LogP contribution in [0, 0.1) is 0 Å². The van der Waals surface area contributed by atoms with Crippen LogP contribution in [0.4, 0.5) is 18.9 Å². The molecule has 0 bridgehead atoms. The molecule has 29 heavy (non-hydrogen) atoms. The smallest absolute Gasteiger partial charge is 0.319 e. The maximum Gasteiger partial charge on any atom is 0.433 e. The number of aromatic nitrogens is 3. The first-order valence-electron chi connectivity index (χ1n) is 9.35. The molecule has 152 valence electrons. The van der Waals surface area contributed by atoms with Crippen molar-refractivity contribution in [3.05, 3.63) is 52.9 Å². The van der Waals surface area contributed by atoms with Gasteiger partial charge < -0.3 is 5.32 Å². The van der Waals surface area contributed by atoms with Gasteiger partial charge in [-0.3, -0.25) is 9.48 Å². The first-order valence-corrected chi connectivity index (χ1v) is 9.73. The number of fused-ring (bicyclic) bond motifs is 1. The molecule has 2 heterocycles. The van der Waals surface area contributed by atoms with Gasteiger partial charge in [0, 0.05) is 11.6 Å². The monoisotopic (exact) mass is 422 g/mol. The SMILES string of the molecule is O=C(Nc1cc2cn(C3CCCCC3)nc2cc1Cl)c1cccc(C(F)(F)F)n1. The van der Waals surface area contributed by atoms with E-state index in [-0.39, 0.29) is 10.7 Å². The van der Waals surface area contributed by atoms with Crippen LogP contribution in [0.3, 0.4) is 0 Å². The summed E-state index contributed by atoms with van der Waals surface area (Å²) in [5.41, 5.74) is -0.461. The maximum atomic E-state index is 12.8. The zero-order chi connectivity index (χ0) is 20.6. The number of carbonyl (C=O) groups is 1. The van der Waals surface area contributed by atoms with Crippen LogP contribution in [0.25, 0.3) is 10.9 Å². The lowest BCUT2D eigenvalue weighted by Crippen LogP contribution is -2.17. The van der Waals surface area contributed by atoms with E-state index in [1.54, 1.807) is 12.1 Å². The summed E-state index contributed by atoms with van der Waals surface area (Å²) in [6, 6.07) is 6.85. The Morgan fingerprint density at radius 3 is 2.66 bits per heavy atom. The van der Waals surface area contributed by atoms with Crippen LogP contribution in [0.1, 0.15) is 54.3 Å². The quantitative estimate of drug-likeness (QED) is 0.575. The summed E-state index contributed by atoms with van der Waals surface area (Å²) < 4.78 is 40.4. The number of hydrogen-bond acceptors (Lipinski definition) is 3. The molecule has 1 saturated carbocycles. The summed E-state index contributed by atoms with van der Waals surface area (Å²) >= 11 is 6.27. The number of alkyl halides is 3. The van der Waals surface area contributed by atoms with Crippen molar-refractivity contribution in [3.63, 3.8) is 0 Å². The highest BCUT2D eigenvalue weighted by Gasteiger charge is 2.33. The lowest BCUT2D eigenvalue weighted by atomic mass is 9.96. The summed E-state index contributed by atoms with van der Waals surface area (Å²) in [6.45, 7) is 0. The highest BCUT2D eigenvalue weighted by atomic mass is 35.5. The van der Waals surface area contributed by atoms with E-state index in [1.807, 2.05) is 10.9 Å². The molecular weight excluding hydrogens is 405 g/mol. The summed E-state index contributed by atoms with van der Waals surface area (Å²) in [6.07, 6.45) is 3.03. The van der Waals surface area contributed by atoms with Crippen LogP contribution in [0.2, 0.25) is 5.02 Å². The zero-order valence-corrected chi connectivity index (χ0v) is 16.1. The summed E-state index contributed by atoms with van der Waals surface area (Å²) in [5.74, 6) is -0.767. The molecule has 1 fully saturated rings. The Morgan fingerprint density at radius 1 is 1.17 bits per heavy atom. The summed E-state index contributed by atoms with van der Waals surface area (Å²) in [4.78, 5) is 15.8. The Bertz CT molecular complexity index is 1060. The van der Waals surface area contributed by atoms with E-state index in [0.29, 0.717) is 17.2 Å². The topological polar surface area (TPSA) is 59.8 Å². The Labute approximate surface area is 169 Å². The number of rotatable bonds is 3. The number of amides is 1. The fourth-order valence-electron chi connectivity index (χ4n) is 3.60. The third-order valence-electron chi connectivity index (χ3n) is 5.08. The molecule has 0 unspecified atom stereocenters. The van der Waals surface area contributed by atoms with E-state index in [4.69, 9.17) is 11.6 Å². The van der Waals surface area contributed by atoms with Crippen molar-refractivity contribution in [1.29, 1.82) is 0 Å². The molecular formula is C20H18ClF3N4O. The molecule has 1 aliphatic carbocycles. The van der Waals surface area contributed by atoms with Gasteiger partial charge in [-0.1, -0.05) is 36.9 Å². The van der Waals surface area contributed by atoms with Gasteiger partial charge in [0.15, 0.2) is 0 Å². The Balaban J connectivity index is 1.59. The zero-order valence-electron chi connectivity index (χ0n) is 15.3. The maximum absolute atomic E-state index is 12.8. The van der Waals surface area contributed by atoms with E-state index in [0.717, 1.165) is 30.4 Å². The number of anilines is 1. The number of hydrogen-bond donors (Lipinski definition) is 1. The van der Waals surface area contributed by atoms with Gasteiger partial charge in [0.25, 0.3) is 5.91 Å². The molecule has 0 atom stereocenters. The normalized spacial score (nSPS) is 15.6. The molecule has 5 nitrogen and oxygen atoms in total. The Morgan fingerprint density at radius 2 is 1.93 bits per heavy atom. The number of benzene rings is 1. The molecule has 9 heteroatoms. The van der Waals surface area contributed by atoms with Crippen LogP contribution in [-0.4, -0.2) is 20.7 Å². The average molecular weight is 423 g/mol. The number of pyridine rings is 1. The van der Waals surface area contributed by atoms with E-state index in [2.05, 4.69) is 15.4 Å². The van der Waals surface area contributed by atoms with Crippen molar-refractivity contribution in [2.45, 2.75) is 44.3 Å². The number of nitrogens with zero attached hydrogens (tertiary/aromatic N) is 3. The largest absolute Gasteiger partial charge is 0.433 e. The second-order valence-corrected chi connectivity index (χ2v) is 7.56. The van der Waals surface area contributed by atoms with Gasteiger partial charge in [-0.2, -0.15) is 18.3 Å². The predicted molar refractivity (Wildman–Crippen MR) is 104 cm³/mol. The minimum atomic E-state index is -4.62. The first kappa shape index (κ1) is 19.7. The highest BCUT2D eigenvalue weighted by Crippen LogP contribution is 2.32. The van der Waals surface area contributed by atoms with Crippen LogP contribution in [-0.2, 0) is 6.18 Å². The molecule has 0 saturated heterocycles. The van der Waals surface area contributed by atoms with Crippen molar-refractivity contribution >= 4 is 34.1 Å². The molecule has 0 aliphatic heterocycles. The van der Waals surface area contributed by atoms with Gasteiger partial charge in [-0.25, -0.2) is 4.98 Å². The molecule has 0 radical (unpaired) electrons. The minimum absolute atomic E-state index is 0.256. The van der Waals surface area contributed by atoms with Gasteiger partial charge in [-0.15, -0.1) is 0 Å². The van der Waals surface area contributed by atoms with Crippen molar-refractivity contribution in [2.75, 3.05) is 5.32 Å². The van der Waals surface area contributed by atoms with Gasteiger partial charge in [0.2, 0.25) is 0 Å². The molecule has 0 spiro atoms. The van der Waals surface area contributed by atoms with Gasteiger partial charge >= 0.3 is 6.18 Å². The second-order valence-electron chi connectivity index (χ2n) is 7.15. The van der Waals surface area contributed by atoms with Crippen molar-refractivity contribution in [1.82, 2.24) is 14.8 Å². The van der Waals surface area contributed by atoms with Crippen molar-refractivity contribution in [3.8, 4) is 0 Å². The van der Waals surface area contributed by atoms with Gasteiger partial charge in [0.05, 0.1) is 22.3 Å². The Hall–Kier alpha value is -2.61. The van der Waals surface area contributed by atoms with Crippen LogP contribution in [0.15, 0.2) is 36.5 Å². The summed E-state index contributed by atoms with van der Waals surface area (Å²) in [5, 5.41) is 8.20. The number of halogens is 4. The van der Waals surface area contributed by atoms with Crippen LogP contribution < -0.4 is 5.32 Å². The summed E-state index contributed by atoms with van der Waals surface area (Å²) in [7, 11) is 0. The minimum Gasteiger partial charge on any atom is -0.319 e. The lowest BCUT2D eigenvalue weighted by Gasteiger charge is -2.21. The van der Waals surface area contributed by atoms with E-state index < -0.39 is 17.8 Å². The average Bonchev–Trinajstić information content (AvgIpc) is 3.11. The second kappa shape index (κ2) is 7.67. The molecule has 1 amide bonds. The van der Waals surface area contributed by atoms with Crippen LogP contribution in [0.5, 0.6) is 0 Å². The molecule has 1 aliphatic rings. The fraction of sp³-hybridized carbons (Fsp3) is 0.350. The van der Waals surface area contributed by atoms with E-state index in [9.17, 15) is 18.0 Å².